The first-order chi connectivity index (χ1) is 13.7. The molecule has 2 aromatic carbocycles. The molecule has 158 valence electrons. The van der Waals surface area contributed by atoms with E-state index in [1.807, 2.05) is 0 Å². The molecule has 0 aliphatic heterocycles. The molecule has 0 bridgehead atoms. The molecule has 29 heavy (non-hydrogen) atoms. The number of hydrogen-bond acceptors (Lipinski definition) is 4. The lowest BCUT2D eigenvalue weighted by Crippen LogP contribution is -2.30. The summed E-state index contributed by atoms with van der Waals surface area (Å²) < 4.78 is 65.8. The van der Waals surface area contributed by atoms with Gasteiger partial charge in [-0.25, -0.2) is 21.6 Å². The van der Waals surface area contributed by atoms with E-state index in [2.05, 4.69) is 10.9 Å². The summed E-state index contributed by atoms with van der Waals surface area (Å²) in [4.78, 5) is 12.1. The second kappa shape index (κ2) is 9.75. The van der Waals surface area contributed by atoms with Crippen molar-refractivity contribution in [1.29, 1.82) is 0 Å². The highest BCUT2D eigenvalue weighted by atomic mass is 32.2. The van der Waals surface area contributed by atoms with E-state index in [1.165, 1.54) is 16.4 Å². The highest BCUT2D eigenvalue weighted by Gasteiger charge is 2.21. The fourth-order valence-electron chi connectivity index (χ4n) is 2.62. The number of hydrazine groups is 1. The summed E-state index contributed by atoms with van der Waals surface area (Å²) in [6.07, 6.45) is 0.319. The van der Waals surface area contributed by atoms with Gasteiger partial charge in [-0.15, -0.1) is 0 Å². The van der Waals surface area contributed by atoms with Crippen LogP contribution in [-0.2, 0) is 21.2 Å². The van der Waals surface area contributed by atoms with Crippen LogP contribution in [-0.4, -0.2) is 31.7 Å². The zero-order chi connectivity index (χ0) is 21.6. The number of anilines is 1. The van der Waals surface area contributed by atoms with Crippen LogP contribution < -0.4 is 10.9 Å². The van der Waals surface area contributed by atoms with Crippen molar-refractivity contribution in [2.75, 3.05) is 18.5 Å². The van der Waals surface area contributed by atoms with Crippen molar-refractivity contribution in [1.82, 2.24) is 9.73 Å². The molecule has 2 aromatic rings. The van der Waals surface area contributed by atoms with Crippen LogP contribution in [0.5, 0.6) is 0 Å². The fourth-order valence-corrected chi connectivity index (χ4v) is 4.08. The first-order valence-electron chi connectivity index (χ1n) is 8.98. The van der Waals surface area contributed by atoms with Crippen LogP contribution in [0.4, 0.5) is 18.9 Å². The van der Waals surface area contributed by atoms with Crippen LogP contribution >= 0.6 is 0 Å². The molecule has 6 nitrogen and oxygen atoms in total. The van der Waals surface area contributed by atoms with Gasteiger partial charge in [0.15, 0.2) is 17.5 Å². The Bertz CT molecular complexity index is 963. The van der Waals surface area contributed by atoms with E-state index in [1.54, 1.807) is 26.0 Å². The lowest BCUT2D eigenvalue weighted by atomic mass is 10.1. The van der Waals surface area contributed by atoms with Crippen molar-refractivity contribution < 1.29 is 26.4 Å². The number of benzene rings is 2. The van der Waals surface area contributed by atoms with Crippen molar-refractivity contribution in [3.63, 3.8) is 0 Å². The summed E-state index contributed by atoms with van der Waals surface area (Å²) in [5.41, 5.74) is 4.74. The molecule has 1 amide bonds. The van der Waals surface area contributed by atoms with E-state index in [-0.39, 0.29) is 11.3 Å². The zero-order valence-corrected chi connectivity index (χ0v) is 16.8. The van der Waals surface area contributed by atoms with Crippen LogP contribution in [0.25, 0.3) is 0 Å². The average Bonchev–Trinajstić information content (AvgIpc) is 2.71. The van der Waals surface area contributed by atoms with Crippen molar-refractivity contribution in [2.24, 2.45) is 0 Å². The standard InChI is InChI=1S/C19H22F3N3O3S/c1-3-25(4-2)29(27,28)14-8-5-13(6-9-14)7-12-17(26)24-23-16-11-10-15(20)18(21)19(16)22/h5-6,8-11,23H,3-4,7,12H2,1-2H3,(H,24,26). The minimum Gasteiger partial charge on any atom is -0.296 e. The number of halogens is 3. The van der Waals surface area contributed by atoms with Crippen LogP contribution in [0.15, 0.2) is 41.3 Å². The second-order valence-corrected chi connectivity index (χ2v) is 8.07. The SMILES string of the molecule is CCN(CC)S(=O)(=O)c1ccc(CCC(=O)NNc2ccc(F)c(F)c2F)cc1. The molecule has 0 atom stereocenters. The number of sulfonamides is 1. The Hall–Kier alpha value is -2.59. The van der Waals surface area contributed by atoms with Gasteiger partial charge in [0.25, 0.3) is 0 Å². The lowest BCUT2D eigenvalue weighted by molar-refractivity contribution is -0.120. The number of nitrogens with zero attached hydrogens (tertiary/aromatic N) is 1. The third kappa shape index (κ3) is 5.48. The van der Waals surface area contributed by atoms with Crippen molar-refractivity contribution in [2.45, 2.75) is 31.6 Å². The molecule has 0 unspecified atom stereocenters. The van der Waals surface area contributed by atoms with Gasteiger partial charge in [0.2, 0.25) is 15.9 Å². The van der Waals surface area contributed by atoms with E-state index in [0.717, 1.165) is 17.7 Å². The van der Waals surface area contributed by atoms with E-state index >= 15 is 0 Å². The lowest BCUT2D eigenvalue weighted by Gasteiger charge is -2.18. The Morgan fingerprint density at radius 1 is 0.966 bits per heavy atom. The fraction of sp³-hybridized carbons (Fsp3) is 0.316. The number of aryl methyl sites for hydroxylation is 1. The van der Waals surface area contributed by atoms with Gasteiger partial charge in [-0.3, -0.25) is 15.6 Å². The number of rotatable bonds is 9. The maximum Gasteiger partial charge on any atom is 0.243 e. The maximum atomic E-state index is 13.5. The Morgan fingerprint density at radius 3 is 2.17 bits per heavy atom. The highest BCUT2D eigenvalue weighted by Crippen LogP contribution is 2.19. The van der Waals surface area contributed by atoms with Gasteiger partial charge in [-0.2, -0.15) is 4.31 Å². The molecule has 0 spiro atoms. The van der Waals surface area contributed by atoms with Gasteiger partial charge >= 0.3 is 0 Å². The van der Waals surface area contributed by atoms with Gasteiger partial charge in [0.1, 0.15) is 0 Å². The van der Waals surface area contributed by atoms with E-state index < -0.39 is 39.1 Å². The quantitative estimate of drug-likeness (QED) is 0.474. The topological polar surface area (TPSA) is 78.5 Å². The molecule has 0 saturated carbocycles. The molecule has 2 N–H and O–H groups in total. The number of carbonyl (C=O) groups excluding carboxylic acids is 1. The summed E-state index contributed by atoms with van der Waals surface area (Å²) in [5.74, 6) is -4.90. The first-order valence-corrected chi connectivity index (χ1v) is 10.4. The summed E-state index contributed by atoms with van der Waals surface area (Å²) in [6, 6.07) is 7.90. The third-order valence-electron chi connectivity index (χ3n) is 4.28. The van der Waals surface area contributed by atoms with Crippen molar-refractivity contribution >= 4 is 21.6 Å². The van der Waals surface area contributed by atoms with Crippen LogP contribution in [0.2, 0.25) is 0 Å². The minimum atomic E-state index is -3.55. The van der Waals surface area contributed by atoms with Crippen LogP contribution in [0.1, 0.15) is 25.8 Å². The van der Waals surface area contributed by atoms with Gasteiger partial charge in [0, 0.05) is 19.5 Å². The third-order valence-corrected chi connectivity index (χ3v) is 6.34. The number of amides is 1. The molecular weight excluding hydrogens is 407 g/mol. The first kappa shape index (κ1) is 22.7. The molecule has 0 aromatic heterocycles. The summed E-state index contributed by atoms with van der Waals surface area (Å²) in [7, 11) is -3.55. The molecular formula is C19H22F3N3O3S. The normalized spacial score (nSPS) is 11.5. The smallest absolute Gasteiger partial charge is 0.243 e. The minimum absolute atomic E-state index is 0.0143. The highest BCUT2D eigenvalue weighted by molar-refractivity contribution is 7.89. The number of carbonyl (C=O) groups is 1. The van der Waals surface area contributed by atoms with Crippen molar-refractivity contribution in [3.8, 4) is 0 Å². The maximum absolute atomic E-state index is 13.5. The molecule has 0 radical (unpaired) electrons. The van der Waals surface area contributed by atoms with Crippen LogP contribution in [0, 0.1) is 17.5 Å². The average molecular weight is 429 g/mol. The summed E-state index contributed by atoms with van der Waals surface area (Å²) in [5, 5.41) is 0. The molecule has 0 aliphatic rings. The predicted molar refractivity (Wildman–Crippen MR) is 103 cm³/mol. The Morgan fingerprint density at radius 2 is 1.59 bits per heavy atom. The molecule has 2 rings (SSSR count). The zero-order valence-electron chi connectivity index (χ0n) is 16.0. The molecule has 0 fully saturated rings. The second-order valence-electron chi connectivity index (χ2n) is 6.13. The van der Waals surface area contributed by atoms with Gasteiger partial charge in [-0.05, 0) is 36.2 Å². The Balaban J connectivity index is 1.92. The van der Waals surface area contributed by atoms with Crippen LogP contribution in [0.3, 0.4) is 0 Å². The molecule has 10 heteroatoms. The summed E-state index contributed by atoms with van der Waals surface area (Å²) in [6.45, 7) is 4.25. The van der Waals surface area contributed by atoms with E-state index in [4.69, 9.17) is 0 Å². The van der Waals surface area contributed by atoms with Crippen molar-refractivity contribution in [3.05, 3.63) is 59.4 Å². The molecule has 0 heterocycles. The molecule has 0 aliphatic carbocycles. The van der Waals surface area contributed by atoms with Gasteiger partial charge in [-0.1, -0.05) is 26.0 Å². The van der Waals surface area contributed by atoms with Gasteiger partial charge < -0.3 is 0 Å². The molecule has 0 saturated heterocycles. The summed E-state index contributed by atoms with van der Waals surface area (Å²) >= 11 is 0. The monoisotopic (exact) mass is 429 g/mol. The van der Waals surface area contributed by atoms with Gasteiger partial charge in [0.05, 0.1) is 10.6 Å². The Labute approximate surface area is 167 Å². The Kier molecular flexibility index (Phi) is 7.63. The van der Waals surface area contributed by atoms with E-state index in [9.17, 15) is 26.4 Å². The largest absolute Gasteiger partial charge is 0.296 e. The van der Waals surface area contributed by atoms with E-state index in [0.29, 0.717) is 19.5 Å². The predicted octanol–water partition coefficient (Wildman–Crippen LogP) is 3.21. The number of hydrogen-bond donors (Lipinski definition) is 2. The number of nitrogens with one attached hydrogen (secondary N) is 2.